The van der Waals surface area contributed by atoms with Crippen molar-refractivity contribution < 1.29 is 4.84 Å². The van der Waals surface area contributed by atoms with Crippen molar-refractivity contribution >= 4 is 15.9 Å². The van der Waals surface area contributed by atoms with Crippen LogP contribution in [0.4, 0.5) is 0 Å². The first kappa shape index (κ1) is 7.25. The molecule has 0 spiro atoms. The Balaban J connectivity index is 2.45. The van der Waals surface area contributed by atoms with Gasteiger partial charge in [-0.3, -0.25) is 0 Å². The molecule has 3 heteroatoms. The largest absolute Gasteiger partial charge is 0.300 e. The second kappa shape index (κ2) is 3.34. The topological polar surface area (TPSA) is 35.2 Å². The van der Waals surface area contributed by atoms with Crippen LogP contribution in [0.1, 0.15) is 19.3 Å². The summed E-state index contributed by atoms with van der Waals surface area (Å²) in [5.41, 5.74) is 1.32. The van der Waals surface area contributed by atoms with Gasteiger partial charge >= 0.3 is 0 Å². The van der Waals surface area contributed by atoms with E-state index >= 15 is 0 Å². The number of hydrogen-bond acceptors (Lipinski definition) is 2. The maximum Gasteiger partial charge on any atom is 0.0900 e. The van der Waals surface area contributed by atoms with Crippen LogP contribution in [0.15, 0.2) is 10.1 Å². The Morgan fingerprint density at radius 1 is 1.56 bits per heavy atom. The van der Waals surface area contributed by atoms with Crippen molar-refractivity contribution in [1.82, 2.24) is 0 Å². The number of allylic oxidation sites excluding steroid dienone is 1. The van der Waals surface area contributed by atoms with E-state index in [0.717, 1.165) is 12.8 Å². The molecular formula is C6H10BrNO. The van der Waals surface area contributed by atoms with Gasteiger partial charge in [0.1, 0.15) is 0 Å². The number of halogens is 1. The summed E-state index contributed by atoms with van der Waals surface area (Å²) in [4.78, 5) is 4.51. The van der Waals surface area contributed by atoms with E-state index in [4.69, 9.17) is 5.90 Å². The molecule has 1 aliphatic carbocycles. The molecule has 52 valence electrons. The number of nitrogens with two attached hydrogens (primary N) is 1. The molecule has 2 nitrogen and oxygen atoms in total. The Morgan fingerprint density at radius 3 is 2.78 bits per heavy atom. The molecule has 0 saturated carbocycles. The molecular weight excluding hydrogens is 182 g/mol. The normalized spacial score (nSPS) is 19.3. The molecule has 0 unspecified atom stereocenters. The zero-order chi connectivity index (χ0) is 6.69. The molecule has 0 radical (unpaired) electrons. The van der Waals surface area contributed by atoms with Gasteiger partial charge in [-0.1, -0.05) is 15.9 Å². The quantitative estimate of drug-likeness (QED) is 0.676. The predicted octanol–water partition coefficient (Wildman–Crippen LogP) is 1.71. The third-order valence-electron chi connectivity index (χ3n) is 1.52. The van der Waals surface area contributed by atoms with Crippen LogP contribution in [0, 0.1) is 0 Å². The highest BCUT2D eigenvalue weighted by Gasteiger charge is 2.10. The molecule has 1 rings (SSSR count). The Kier molecular flexibility index (Phi) is 2.69. The molecule has 0 aromatic heterocycles. The van der Waals surface area contributed by atoms with Crippen molar-refractivity contribution in [3.8, 4) is 0 Å². The fraction of sp³-hybridized carbons (Fsp3) is 0.667. The second-order valence-corrected chi connectivity index (χ2v) is 3.13. The first-order chi connectivity index (χ1) is 4.34. The van der Waals surface area contributed by atoms with Gasteiger partial charge in [0.25, 0.3) is 0 Å². The van der Waals surface area contributed by atoms with Gasteiger partial charge in [0.2, 0.25) is 0 Å². The Bertz CT molecular complexity index is 133. The van der Waals surface area contributed by atoms with Crippen molar-refractivity contribution in [2.24, 2.45) is 5.90 Å². The Labute approximate surface area is 63.1 Å². The van der Waals surface area contributed by atoms with Crippen LogP contribution in [0.3, 0.4) is 0 Å². The van der Waals surface area contributed by atoms with Crippen molar-refractivity contribution in [2.75, 3.05) is 6.61 Å². The summed E-state index contributed by atoms with van der Waals surface area (Å²) in [5, 5.41) is 0. The molecule has 2 N–H and O–H groups in total. The average Bonchev–Trinajstić information content (AvgIpc) is 2.18. The summed E-state index contributed by atoms with van der Waals surface area (Å²) < 4.78 is 1.29. The summed E-state index contributed by atoms with van der Waals surface area (Å²) in [6.07, 6.45) is 3.52. The van der Waals surface area contributed by atoms with Crippen LogP contribution in [0.2, 0.25) is 0 Å². The molecule has 1 aliphatic rings. The zero-order valence-corrected chi connectivity index (χ0v) is 6.78. The third-order valence-corrected chi connectivity index (χ3v) is 2.47. The van der Waals surface area contributed by atoms with Crippen LogP contribution in [-0.4, -0.2) is 6.61 Å². The molecule has 0 amide bonds. The molecule has 0 fully saturated rings. The maximum absolute atomic E-state index is 4.92. The molecule has 0 aliphatic heterocycles. The summed E-state index contributed by atoms with van der Waals surface area (Å²) in [7, 11) is 0. The first-order valence-electron chi connectivity index (χ1n) is 3.02. The highest BCUT2D eigenvalue weighted by Crippen LogP contribution is 2.29. The highest BCUT2D eigenvalue weighted by atomic mass is 79.9. The zero-order valence-electron chi connectivity index (χ0n) is 5.19. The molecule has 0 aromatic carbocycles. The molecule has 0 heterocycles. The van der Waals surface area contributed by atoms with Crippen LogP contribution >= 0.6 is 15.9 Å². The Hall–Kier alpha value is 0.140. The lowest BCUT2D eigenvalue weighted by atomic mass is 10.2. The fourth-order valence-corrected chi connectivity index (χ4v) is 1.61. The van der Waals surface area contributed by atoms with Crippen molar-refractivity contribution in [2.45, 2.75) is 19.3 Å². The minimum absolute atomic E-state index is 0.584. The number of rotatable bonds is 2. The van der Waals surface area contributed by atoms with Gasteiger partial charge in [-0.15, -0.1) is 0 Å². The van der Waals surface area contributed by atoms with Crippen LogP contribution in [0.25, 0.3) is 0 Å². The predicted molar refractivity (Wildman–Crippen MR) is 39.9 cm³/mol. The van der Waals surface area contributed by atoms with E-state index in [2.05, 4.69) is 20.8 Å². The lowest BCUT2D eigenvalue weighted by molar-refractivity contribution is 0.160. The van der Waals surface area contributed by atoms with E-state index in [1.54, 1.807) is 0 Å². The highest BCUT2D eigenvalue weighted by molar-refractivity contribution is 9.11. The molecule has 0 saturated heterocycles. The van der Waals surface area contributed by atoms with Gasteiger partial charge in [-0.25, -0.2) is 5.90 Å². The summed E-state index contributed by atoms with van der Waals surface area (Å²) >= 11 is 3.45. The minimum atomic E-state index is 0.584. The van der Waals surface area contributed by atoms with Crippen LogP contribution < -0.4 is 5.90 Å². The third kappa shape index (κ3) is 1.78. The summed E-state index contributed by atoms with van der Waals surface area (Å²) in [6, 6.07) is 0. The molecule has 0 aromatic rings. The Morgan fingerprint density at radius 2 is 2.33 bits per heavy atom. The molecule has 0 bridgehead atoms. The van der Waals surface area contributed by atoms with Crippen LogP contribution in [0.5, 0.6) is 0 Å². The number of hydrogen-bond donors (Lipinski definition) is 1. The fourth-order valence-electron chi connectivity index (χ4n) is 1.02. The van der Waals surface area contributed by atoms with Gasteiger partial charge in [-0.2, -0.15) is 0 Å². The SMILES string of the molecule is NOCC1=C(Br)CCC1. The van der Waals surface area contributed by atoms with E-state index in [1.165, 1.54) is 16.5 Å². The smallest absolute Gasteiger partial charge is 0.0900 e. The molecule has 9 heavy (non-hydrogen) atoms. The van der Waals surface area contributed by atoms with Crippen molar-refractivity contribution in [3.05, 3.63) is 10.1 Å². The summed E-state index contributed by atoms with van der Waals surface area (Å²) in [6.45, 7) is 0.584. The van der Waals surface area contributed by atoms with Crippen LogP contribution in [-0.2, 0) is 4.84 Å². The van der Waals surface area contributed by atoms with Gasteiger partial charge in [0.05, 0.1) is 6.61 Å². The van der Waals surface area contributed by atoms with Crippen molar-refractivity contribution in [1.29, 1.82) is 0 Å². The van der Waals surface area contributed by atoms with Gasteiger partial charge in [-0.05, 0) is 29.3 Å². The standard InChI is InChI=1S/C6H10BrNO/c7-6-3-1-2-5(6)4-9-8/h1-4,8H2. The van der Waals surface area contributed by atoms with E-state index < -0.39 is 0 Å². The van der Waals surface area contributed by atoms with E-state index in [1.807, 2.05) is 0 Å². The minimum Gasteiger partial charge on any atom is -0.300 e. The van der Waals surface area contributed by atoms with Gasteiger partial charge in [0, 0.05) is 0 Å². The van der Waals surface area contributed by atoms with E-state index in [9.17, 15) is 0 Å². The monoisotopic (exact) mass is 191 g/mol. The second-order valence-electron chi connectivity index (χ2n) is 2.17. The van der Waals surface area contributed by atoms with E-state index in [-0.39, 0.29) is 0 Å². The maximum atomic E-state index is 4.92. The van der Waals surface area contributed by atoms with Crippen molar-refractivity contribution in [3.63, 3.8) is 0 Å². The first-order valence-corrected chi connectivity index (χ1v) is 3.82. The van der Waals surface area contributed by atoms with E-state index in [0.29, 0.717) is 6.61 Å². The average molecular weight is 192 g/mol. The van der Waals surface area contributed by atoms with Gasteiger partial charge in [0.15, 0.2) is 0 Å². The summed E-state index contributed by atoms with van der Waals surface area (Å²) in [5.74, 6) is 4.92. The van der Waals surface area contributed by atoms with Gasteiger partial charge < -0.3 is 4.84 Å². The lowest BCUT2D eigenvalue weighted by Gasteiger charge is -1.97. The lowest BCUT2D eigenvalue weighted by Crippen LogP contribution is -2.02. The molecule has 0 atom stereocenters.